The summed E-state index contributed by atoms with van der Waals surface area (Å²) in [5, 5.41) is 18.9. The summed E-state index contributed by atoms with van der Waals surface area (Å²) in [6.07, 6.45) is 3.95. The Hall–Kier alpha value is -1.59. The molecule has 0 aromatic heterocycles. The number of benzene rings is 1. The van der Waals surface area contributed by atoms with Crippen LogP contribution >= 0.6 is 0 Å². The SMILES string of the molecule is COc1cc(C[C@H](O)C(=O)CC[C@@H](C)CCCC(C)C)ccc1OO. The third-order valence-corrected chi connectivity index (χ3v) is 4.49. The third kappa shape index (κ3) is 7.88. The van der Waals surface area contributed by atoms with Gasteiger partial charge in [-0.3, -0.25) is 4.79 Å². The number of Topliss-reactive ketones (excluding diaryl/α,β-unsaturated/α-hetero) is 1. The number of aliphatic hydroxyl groups is 1. The van der Waals surface area contributed by atoms with Crippen molar-refractivity contribution in [2.75, 3.05) is 7.11 Å². The van der Waals surface area contributed by atoms with E-state index >= 15 is 0 Å². The van der Waals surface area contributed by atoms with E-state index in [-0.39, 0.29) is 18.0 Å². The zero-order valence-electron chi connectivity index (χ0n) is 15.8. The molecule has 0 aliphatic rings. The van der Waals surface area contributed by atoms with Crippen LogP contribution in [0.3, 0.4) is 0 Å². The Kier molecular flexibility index (Phi) is 9.53. The quantitative estimate of drug-likeness (QED) is 0.434. The number of carbonyl (C=O) groups excluding carboxylic acids is 1. The van der Waals surface area contributed by atoms with Crippen LogP contribution in [0.25, 0.3) is 0 Å². The van der Waals surface area contributed by atoms with E-state index in [1.54, 1.807) is 18.2 Å². The molecule has 0 aliphatic heterocycles. The average molecular weight is 352 g/mol. The van der Waals surface area contributed by atoms with E-state index in [1.807, 2.05) is 0 Å². The molecule has 0 aliphatic carbocycles. The molecule has 0 heterocycles. The van der Waals surface area contributed by atoms with Gasteiger partial charge in [0.15, 0.2) is 11.5 Å². The standard InChI is InChI=1S/C20H32O5/c1-14(2)6-5-7-15(3)8-10-17(21)18(22)12-16-9-11-19(25-23)20(13-16)24-4/h9,11,13-15,18,22-23H,5-8,10,12H2,1-4H3/t15-,18-/m0/s1. The van der Waals surface area contributed by atoms with E-state index < -0.39 is 6.10 Å². The number of ketones is 1. The van der Waals surface area contributed by atoms with Gasteiger partial charge in [-0.2, -0.15) is 0 Å². The van der Waals surface area contributed by atoms with Gasteiger partial charge in [0.1, 0.15) is 6.10 Å². The van der Waals surface area contributed by atoms with Crippen molar-refractivity contribution in [3.63, 3.8) is 0 Å². The van der Waals surface area contributed by atoms with Gasteiger partial charge in [0.05, 0.1) is 7.11 Å². The highest BCUT2D eigenvalue weighted by molar-refractivity contribution is 5.83. The number of carbonyl (C=O) groups is 1. The summed E-state index contributed by atoms with van der Waals surface area (Å²) >= 11 is 0. The molecular formula is C20H32O5. The van der Waals surface area contributed by atoms with Crippen molar-refractivity contribution in [1.29, 1.82) is 0 Å². The minimum atomic E-state index is -1.02. The van der Waals surface area contributed by atoms with Crippen molar-refractivity contribution < 1.29 is 24.8 Å². The number of hydrogen-bond donors (Lipinski definition) is 2. The van der Waals surface area contributed by atoms with Crippen molar-refractivity contribution in [3.05, 3.63) is 23.8 Å². The van der Waals surface area contributed by atoms with Crippen molar-refractivity contribution in [3.8, 4) is 11.5 Å². The molecule has 2 atom stereocenters. The fourth-order valence-corrected chi connectivity index (χ4v) is 2.83. The Bertz CT molecular complexity index is 527. The van der Waals surface area contributed by atoms with Crippen molar-refractivity contribution in [2.24, 2.45) is 11.8 Å². The summed E-state index contributed by atoms with van der Waals surface area (Å²) < 4.78 is 5.10. The molecular weight excluding hydrogens is 320 g/mol. The minimum Gasteiger partial charge on any atom is -0.493 e. The lowest BCUT2D eigenvalue weighted by atomic mass is 9.93. The van der Waals surface area contributed by atoms with E-state index in [2.05, 4.69) is 25.7 Å². The molecule has 0 saturated heterocycles. The maximum atomic E-state index is 12.2. The highest BCUT2D eigenvalue weighted by Crippen LogP contribution is 2.28. The van der Waals surface area contributed by atoms with Crippen LogP contribution in [0.15, 0.2) is 18.2 Å². The third-order valence-electron chi connectivity index (χ3n) is 4.49. The lowest BCUT2D eigenvalue weighted by molar-refractivity contribution is -0.139. The molecule has 5 nitrogen and oxygen atoms in total. The maximum Gasteiger partial charge on any atom is 0.206 e. The van der Waals surface area contributed by atoms with Crippen LogP contribution in [0.2, 0.25) is 0 Å². The molecule has 0 amide bonds. The average Bonchev–Trinajstić information content (AvgIpc) is 2.59. The summed E-state index contributed by atoms with van der Waals surface area (Å²) in [6, 6.07) is 4.89. The first-order valence-corrected chi connectivity index (χ1v) is 9.06. The molecule has 0 unspecified atom stereocenters. The fraction of sp³-hybridized carbons (Fsp3) is 0.650. The molecule has 1 rings (SSSR count). The fourth-order valence-electron chi connectivity index (χ4n) is 2.83. The van der Waals surface area contributed by atoms with Gasteiger partial charge in [-0.25, -0.2) is 5.26 Å². The Morgan fingerprint density at radius 1 is 1.12 bits per heavy atom. The van der Waals surface area contributed by atoms with E-state index in [9.17, 15) is 9.90 Å². The van der Waals surface area contributed by atoms with E-state index in [4.69, 9.17) is 9.99 Å². The van der Waals surface area contributed by atoms with E-state index in [1.165, 1.54) is 20.0 Å². The number of hydrogen-bond acceptors (Lipinski definition) is 5. The van der Waals surface area contributed by atoms with Crippen LogP contribution in [0.5, 0.6) is 11.5 Å². The summed E-state index contributed by atoms with van der Waals surface area (Å²) in [4.78, 5) is 16.4. The van der Waals surface area contributed by atoms with E-state index in [0.29, 0.717) is 18.1 Å². The van der Waals surface area contributed by atoms with Crippen molar-refractivity contribution in [1.82, 2.24) is 0 Å². The molecule has 0 saturated carbocycles. The van der Waals surface area contributed by atoms with Gasteiger partial charge in [-0.1, -0.05) is 46.1 Å². The van der Waals surface area contributed by atoms with Crippen LogP contribution < -0.4 is 9.62 Å². The molecule has 142 valence electrons. The summed E-state index contributed by atoms with van der Waals surface area (Å²) in [6.45, 7) is 6.61. The lowest BCUT2D eigenvalue weighted by Crippen LogP contribution is -2.23. The highest BCUT2D eigenvalue weighted by atomic mass is 17.1. The Morgan fingerprint density at radius 2 is 1.84 bits per heavy atom. The minimum absolute atomic E-state index is 0.128. The molecule has 1 aromatic rings. The predicted octanol–water partition coefficient (Wildman–Crippen LogP) is 4.26. The van der Waals surface area contributed by atoms with Crippen LogP contribution in [-0.2, 0) is 11.2 Å². The summed E-state index contributed by atoms with van der Waals surface area (Å²) in [5.41, 5.74) is 0.753. The molecule has 0 radical (unpaired) electrons. The smallest absolute Gasteiger partial charge is 0.206 e. The van der Waals surface area contributed by atoms with Gasteiger partial charge in [0, 0.05) is 12.8 Å². The van der Waals surface area contributed by atoms with Crippen LogP contribution in [0.1, 0.15) is 58.4 Å². The second kappa shape index (κ2) is 11.1. The van der Waals surface area contributed by atoms with Crippen molar-refractivity contribution >= 4 is 5.78 Å². The zero-order chi connectivity index (χ0) is 18.8. The number of methoxy groups -OCH3 is 1. The van der Waals surface area contributed by atoms with Gasteiger partial charge in [0.2, 0.25) is 5.75 Å². The summed E-state index contributed by atoms with van der Waals surface area (Å²) in [7, 11) is 1.46. The first kappa shape index (κ1) is 21.5. The first-order valence-electron chi connectivity index (χ1n) is 9.06. The Morgan fingerprint density at radius 3 is 2.44 bits per heavy atom. The van der Waals surface area contributed by atoms with Crippen LogP contribution in [0.4, 0.5) is 0 Å². The number of rotatable bonds is 12. The zero-order valence-corrected chi connectivity index (χ0v) is 15.8. The maximum absolute atomic E-state index is 12.2. The molecule has 5 heteroatoms. The monoisotopic (exact) mass is 352 g/mol. The van der Waals surface area contributed by atoms with Gasteiger partial charge in [0.25, 0.3) is 0 Å². The number of ether oxygens (including phenoxy) is 1. The first-order chi connectivity index (χ1) is 11.9. The normalized spacial score (nSPS) is 13.6. The van der Waals surface area contributed by atoms with E-state index in [0.717, 1.165) is 24.3 Å². The second-order valence-corrected chi connectivity index (χ2v) is 7.23. The van der Waals surface area contributed by atoms with Crippen LogP contribution in [0, 0.1) is 11.8 Å². The molecule has 0 bridgehead atoms. The van der Waals surface area contributed by atoms with Crippen molar-refractivity contribution in [2.45, 2.75) is 65.4 Å². The lowest BCUT2D eigenvalue weighted by Gasteiger charge is -2.14. The van der Waals surface area contributed by atoms with Gasteiger partial charge < -0.3 is 14.7 Å². The Balaban J connectivity index is 2.43. The largest absolute Gasteiger partial charge is 0.493 e. The molecule has 25 heavy (non-hydrogen) atoms. The van der Waals surface area contributed by atoms with Gasteiger partial charge in [-0.15, -0.1) is 0 Å². The second-order valence-electron chi connectivity index (χ2n) is 7.23. The Labute approximate surface area is 150 Å². The predicted molar refractivity (Wildman–Crippen MR) is 98.1 cm³/mol. The molecule has 0 fully saturated rings. The van der Waals surface area contributed by atoms with Crippen LogP contribution in [-0.4, -0.2) is 29.4 Å². The topological polar surface area (TPSA) is 76.0 Å². The molecule has 1 aromatic carbocycles. The molecule has 2 N–H and O–H groups in total. The number of aliphatic hydroxyl groups excluding tert-OH is 1. The van der Waals surface area contributed by atoms with Gasteiger partial charge in [-0.05, 0) is 36.0 Å². The molecule has 0 spiro atoms. The summed E-state index contributed by atoms with van der Waals surface area (Å²) in [5.74, 6) is 1.64. The van der Waals surface area contributed by atoms with Gasteiger partial charge >= 0.3 is 0 Å². The highest BCUT2D eigenvalue weighted by Gasteiger charge is 2.18.